The predicted octanol–water partition coefficient (Wildman–Crippen LogP) is 6.55. The van der Waals surface area contributed by atoms with E-state index in [1.165, 1.54) is 30.6 Å². The van der Waals surface area contributed by atoms with Gasteiger partial charge in [-0.25, -0.2) is 28.2 Å². The molecule has 51 heavy (non-hydrogen) atoms. The van der Waals surface area contributed by atoms with Gasteiger partial charge in [0.1, 0.15) is 12.9 Å². The molecule has 0 aliphatic carbocycles. The molecule has 0 fully saturated rings. The average molecular weight is 740 g/mol. The van der Waals surface area contributed by atoms with Crippen molar-refractivity contribution in [2.24, 2.45) is 26.2 Å². The maximum Gasteiger partial charge on any atom is 0.407 e. The number of anilines is 1. The molecule has 0 saturated heterocycles. The van der Waals surface area contributed by atoms with Gasteiger partial charge in [0.25, 0.3) is 12.3 Å². The third-order valence-corrected chi connectivity index (χ3v) is 8.14. The van der Waals surface area contributed by atoms with Gasteiger partial charge in [0.2, 0.25) is 0 Å². The van der Waals surface area contributed by atoms with Gasteiger partial charge < -0.3 is 15.8 Å². The van der Waals surface area contributed by atoms with Crippen molar-refractivity contribution in [3.63, 3.8) is 0 Å². The van der Waals surface area contributed by atoms with Gasteiger partial charge in [-0.2, -0.15) is 32.8 Å². The summed E-state index contributed by atoms with van der Waals surface area (Å²) in [5.74, 6) is -1.00. The number of carbonyl (C=O) groups excluding carboxylic acids is 2. The summed E-state index contributed by atoms with van der Waals surface area (Å²) in [6.07, 6.45) is -0.361. The van der Waals surface area contributed by atoms with Crippen LogP contribution >= 0.6 is 11.6 Å². The number of ether oxygens (including phenoxy) is 1. The lowest BCUT2D eigenvalue weighted by Crippen LogP contribution is -2.47. The van der Waals surface area contributed by atoms with Crippen molar-refractivity contribution < 1.29 is 40.7 Å². The Balaban J connectivity index is 1.57. The summed E-state index contributed by atoms with van der Waals surface area (Å²) in [4.78, 5) is 36.2. The van der Waals surface area contributed by atoms with Crippen LogP contribution in [0.2, 0.25) is 5.02 Å². The average Bonchev–Trinajstić information content (AvgIpc) is 3.64. The Morgan fingerprint density at radius 2 is 1.78 bits per heavy atom. The molecule has 2 atom stereocenters. The molecule has 0 unspecified atom stereocenters. The normalized spacial score (nSPS) is 19.2. The number of hydrazone groups is 1. The number of hydrogen-bond acceptors (Lipinski definition) is 9. The van der Waals surface area contributed by atoms with E-state index in [9.17, 15) is 35.9 Å². The Kier molecular flexibility index (Phi) is 10.4. The van der Waals surface area contributed by atoms with E-state index in [1.807, 2.05) is 26.1 Å². The molecule has 2 aromatic carbocycles. The molecule has 3 heterocycles. The SMILES string of the molecule is CC(C)(C)C[C@]1(c2ccc(-c3cnn(C(F)F)c3)cc2)N=C(N)N([C@H](COC(=O)NCC(F)F)c2ccc(Cl)c(N3N=CN=CC3(F)F)c2)C1=O. The van der Waals surface area contributed by atoms with Crippen molar-refractivity contribution in [2.45, 2.75) is 57.8 Å². The van der Waals surface area contributed by atoms with E-state index in [0.29, 0.717) is 32.6 Å². The first-order valence-corrected chi connectivity index (χ1v) is 15.6. The molecule has 0 radical (unpaired) electrons. The summed E-state index contributed by atoms with van der Waals surface area (Å²) in [6, 6.07) is 5.21. The molecule has 12 nitrogen and oxygen atoms in total. The number of halogens is 7. The number of benzene rings is 2. The molecule has 272 valence electrons. The quantitative estimate of drug-likeness (QED) is 0.169. The number of aromatic nitrogens is 2. The van der Waals surface area contributed by atoms with E-state index in [-0.39, 0.29) is 28.7 Å². The molecule has 3 aromatic rings. The van der Waals surface area contributed by atoms with Gasteiger partial charge in [0, 0.05) is 11.8 Å². The number of nitrogens with zero attached hydrogens (tertiary/aromatic N) is 7. The van der Waals surface area contributed by atoms with Crippen molar-refractivity contribution in [1.29, 1.82) is 0 Å². The molecular formula is C32H32ClF6N9O3. The third kappa shape index (κ3) is 7.95. The van der Waals surface area contributed by atoms with Gasteiger partial charge in [-0.3, -0.25) is 9.69 Å². The van der Waals surface area contributed by atoms with E-state index in [1.54, 1.807) is 24.3 Å². The zero-order chi connectivity index (χ0) is 37.3. The largest absolute Gasteiger partial charge is 0.447 e. The van der Waals surface area contributed by atoms with Gasteiger partial charge in [-0.05, 0) is 40.7 Å². The van der Waals surface area contributed by atoms with Crippen molar-refractivity contribution >= 4 is 47.8 Å². The first kappa shape index (κ1) is 37.1. The van der Waals surface area contributed by atoms with Crippen molar-refractivity contribution in [3.05, 3.63) is 71.0 Å². The van der Waals surface area contributed by atoms with Crippen molar-refractivity contribution in [3.8, 4) is 11.1 Å². The van der Waals surface area contributed by atoms with E-state index >= 15 is 0 Å². The highest BCUT2D eigenvalue weighted by Crippen LogP contribution is 2.46. The fourth-order valence-corrected chi connectivity index (χ4v) is 5.95. The zero-order valence-corrected chi connectivity index (χ0v) is 28.0. The minimum absolute atomic E-state index is 0.0917. The van der Waals surface area contributed by atoms with Gasteiger partial charge in [-0.15, -0.1) is 0 Å². The van der Waals surface area contributed by atoms with Gasteiger partial charge in [0.05, 0.1) is 35.7 Å². The molecule has 5 rings (SSSR count). The molecule has 2 aliphatic rings. The number of hydrogen-bond donors (Lipinski definition) is 2. The number of rotatable bonds is 11. The fourth-order valence-electron chi connectivity index (χ4n) is 5.75. The van der Waals surface area contributed by atoms with Crippen molar-refractivity contribution in [2.75, 3.05) is 18.2 Å². The second-order valence-corrected chi connectivity index (χ2v) is 13.2. The minimum atomic E-state index is -3.70. The highest BCUT2D eigenvalue weighted by Gasteiger charge is 2.53. The smallest absolute Gasteiger partial charge is 0.407 e. The van der Waals surface area contributed by atoms with E-state index < -0.39 is 61.2 Å². The Labute approximate surface area is 292 Å². The molecule has 0 saturated carbocycles. The van der Waals surface area contributed by atoms with Crippen LogP contribution in [0.1, 0.15) is 50.9 Å². The van der Waals surface area contributed by atoms with E-state index in [4.69, 9.17) is 22.1 Å². The third-order valence-electron chi connectivity index (χ3n) is 7.82. The number of nitrogens with one attached hydrogen (secondary N) is 1. The van der Waals surface area contributed by atoms with Crippen LogP contribution in [-0.4, -0.2) is 70.8 Å². The maximum absolute atomic E-state index is 14.8. The predicted molar refractivity (Wildman–Crippen MR) is 177 cm³/mol. The Morgan fingerprint density at radius 1 is 1.08 bits per heavy atom. The summed E-state index contributed by atoms with van der Waals surface area (Å²) in [6.45, 7) is 1.06. The van der Waals surface area contributed by atoms with E-state index in [0.717, 1.165) is 11.2 Å². The maximum atomic E-state index is 14.8. The standard InChI is InChI=1S/C32H32ClF6N9O3/c1-30(2,3)15-31(21-7-4-18(5-8-21)20-11-43-46(13-20)27(36)37)26(49)47(28(40)45-31)24(14-51-29(50)42-12-25(34)35)19-6-9-22(33)23(10-19)48-32(38,39)16-41-17-44-48/h4-11,13,16-17,24-25,27H,12,14-15H2,1-3H3,(H2,40,45)(H,42,50)/t24-,31-/m1/s1. The minimum Gasteiger partial charge on any atom is -0.447 e. The Hall–Kier alpha value is -5.13. The first-order chi connectivity index (χ1) is 23.9. The molecule has 1 aromatic heterocycles. The van der Waals surface area contributed by atoms with Gasteiger partial charge >= 0.3 is 18.7 Å². The molecule has 2 amide bonds. The summed E-state index contributed by atoms with van der Waals surface area (Å²) in [7, 11) is 0. The number of alkyl halides is 6. The lowest BCUT2D eigenvalue weighted by atomic mass is 9.75. The fraction of sp³-hybridized carbons (Fsp3) is 0.375. The van der Waals surface area contributed by atoms with Crippen LogP contribution in [0.3, 0.4) is 0 Å². The molecule has 0 spiro atoms. The van der Waals surface area contributed by atoms with Gasteiger partial charge in [-0.1, -0.05) is 62.7 Å². The van der Waals surface area contributed by atoms with Crippen molar-refractivity contribution in [1.82, 2.24) is 20.0 Å². The number of alkyl carbamates (subject to hydrolysis) is 1. The zero-order valence-electron chi connectivity index (χ0n) is 27.3. The van der Waals surface area contributed by atoms with E-state index in [2.05, 4.69) is 20.2 Å². The summed E-state index contributed by atoms with van der Waals surface area (Å²) >= 11 is 6.32. The molecule has 3 N–H and O–H groups in total. The lowest BCUT2D eigenvalue weighted by molar-refractivity contribution is -0.135. The molecular weight excluding hydrogens is 708 g/mol. The second-order valence-electron chi connectivity index (χ2n) is 12.8. The summed E-state index contributed by atoms with van der Waals surface area (Å²) < 4.78 is 87.2. The summed E-state index contributed by atoms with van der Waals surface area (Å²) in [5.41, 5.74) is 5.33. The topological polar surface area (TPSA) is 143 Å². The molecule has 2 aliphatic heterocycles. The van der Waals surface area contributed by atoms with Crippen LogP contribution in [0.15, 0.2) is 69.9 Å². The van der Waals surface area contributed by atoms with Gasteiger partial charge in [0.15, 0.2) is 11.5 Å². The first-order valence-electron chi connectivity index (χ1n) is 15.3. The Morgan fingerprint density at radius 3 is 2.39 bits per heavy atom. The highest BCUT2D eigenvalue weighted by atomic mass is 35.5. The second kappa shape index (κ2) is 14.2. The Bertz CT molecular complexity index is 1860. The van der Waals surface area contributed by atoms with Crippen LogP contribution in [0.4, 0.5) is 36.8 Å². The monoisotopic (exact) mass is 739 g/mol. The number of carbonyl (C=O) groups is 2. The van der Waals surface area contributed by atoms with Crippen LogP contribution in [0, 0.1) is 5.41 Å². The molecule has 19 heteroatoms. The van der Waals surface area contributed by atoms with Crippen LogP contribution in [-0.2, 0) is 15.1 Å². The van der Waals surface area contributed by atoms with Crippen LogP contribution in [0.5, 0.6) is 0 Å². The van der Waals surface area contributed by atoms with Crippen LogP contribution in [0.25, 0.3) is 11.1 Å². The number of aliphatic imine (C=N–C) groups is 2. The number of nitrogens with two attached hydrogens (primary N) is 1. The number of amides is 2. The van der Waals surface area contributed by atoms with Crippen LogP contribution < -0.4 is 16.1 Å². The number of guanidine groups is 1. The molecule has 0 bridgehead atoms. The lowest BCUT2D eigenvalue weighted by Gasteiger charge is -2.35. The highest BCUT2D eigenvalue weighted by molar-refractivity contribution is 6.33. The summed E-state index contributed by atoms with van der Waals surface area (Å²) in [5, 5.41) is 9.34.